The van der Waals surface area contributed by atoms with Gasteiger partial charge in [-0.25, -0.2) is 4.79 Å². The van der Waals surface area contributed by atoms with Gasteiger partial charge in [-0.1, -0.05) is 12.1 Å². The van der Waals surface area contributed by atoms with Crippen LogP contribution in [-0.4, -0.2) is 39.1 Å². The lowest BCUT2D eigenvalue weighted by molar-refractivity contribution is -0.119. The Bertz CT molecular complexity index is 877. The maximum absolute atomic E-state index is 12.6. The summed E-state index contributed by atoms with van der Waals surface area (Å²) in [5.41, 5.74) is 1.61. The minimum absolute atomic E-state index is 0.134. The van der Waals surface area contributed by atoms with Gasteiger partial charge in [-0.15, -0.1) is 0 Å². The topological polar surface area (TPSA) is 103 Å². The van der Waals surface area contributed by atoms with Crippen LogP contribution < -0.4 is 20.1 Å². The number of carbonyl (C=O) groups is 3. The van der Waals surface area contributed by atoms with Gasteiger partial charge >= 0.3 is 5.97 Å². The van der Waals surface area contributed by atoms with Crippen LogP contribution in [0.15, 0.2) is 36.4 Å². The summed E-state index contributed by atoms with van der Waals surface area (Å²) in [6, 6.07) is 9.67. The van der Waals surface area contributed by atoms with Gasteiger partial charge in [0.25, 0.3) is 5.91 Å². The van der Waals surface area contributed by atoms with Crippen molar-refractivity contribution in [3.63, 3.8) is 0 Å². The Labute approximate surface area is 162 Å². The molecule has 2 aromatic carbocycles. The summed E-state index contributed by atoms with van der Waals surface area (Å²) in [6.45, 7) is 1.81. The van der Waals surface area contributed by atoms with Gasteiger partial charge in [0.15, 0.2) is 11.5 Å². The first-order chi connectivity index (χ1) is 13.4. The van der Waals surface area contributed by atoms with E-state index in [0.717, 1.165) is 5.56 Å². The maximum Gasteiger partial charge on any atom is 0.340 e. The average molecular weight is 386 g/mol. The number of hydrogen-bond acceptors (Lipinski definition) is 6. The highest BCUT2D eigenvalue weighted by atomic mass is 16.5. The van der Waals surface area contributed by atoms with E-state index < -0.39 is 11.9 Å². The Kier molecular flexibility index (Phi) is 6.97. The van der Waals surface area contributed by atoms with Gasteiger partial charge in [0.05, 0.1) is 32.6 Å². The third-order valence-corrected chi connectivity index (χ3v) is 3.93. The van der Waals surface area contributed by atoms with Gasteiger partial charge in [-0.3, -0.25) is 9.59 Å². The number of amides is 2. The van der Waals surface area contributed by atoms with Crippen molar-refractivity contribution in [2.45, 2.75) is 13.5 Å². The van der Waals surface area contributed by atoms with Gasteiger partial charge in [0.1, 0.15) is 0 Å². The molecule has 0 aliphatic carbocycles. The number of rotatable bonds is 7. The van der Waals surface area contributed by atoms with Gasteiger partial charge in [-0.05, 0) is 17.7 Å². The molecule has 2 amide bonds. The van der Waals surface area contributed by atoms with E-state index in [0.29, 0.717) is 23.6 Å². The molecule has 0 aliphatic rings. The van der Waals surface area contributed by atoms with Crippen molar-refractivity contribution < 1.29 is 28.6 Å². The molecule has 0 fully saturated rings. The molecular weight excluding hydrogens is 364 g/mol. The average Bonchev–Trinajstić information content (AvgIpc) is 2.71. The second-order valence-electron chi connectivity index (χ2n) is 5.81. The highest BCUT2D eigenvalue weighted by Crippen LogP contribution is 2.34. The Hall–Kier alpha value is -3.55. The first kappa shape index (κ1) is 20.8. The van der Waals surface area contributed by atoms with Crippen LogP contribution in [0.2, 0.25) is 0 Å². The Balaban J connectivity index is 2.27. The fraction of sp³-hybridized carbons (Fsp3) is 0.250. The quantitative estimate of drug-likeness (QED) is 0.708. The van der Waals surface area contributed by atoms with E-state index in [1.807, 2.05) is 0 Å². The molecule has 8 nitrogen and oxygen atoms in total. The van der Waals surface area contributed by atoms with Crippen LogP contribution >= 0.6 is 0 Å². The number of anilines is 1. The molecule has 0 radical (unpaired) electrons. The molecule has 28 heavy (non-hydrogen) atoms. The second-order valence-corrected chi connectivity index (χ2v) is 5.81. The first-order valence-electron chi connectivity index (χ1n) is 8.38. The number of ether oxygens (including phenoxy) is 3. The Morgan fingerprint density at radius 2 is 1.54 bits per heavy atom. The molecule has 0 heterocycles. The first-order valence-corrected chi connectivity index (χ1v) is 8.38. The van der Waals surface area contributed by atoms with Gasteiger partial charge < -0.3 is 24.8 Å². The summed E-state index contributed by atoms with van der Waals surface area (Å²) in [6.07, 6.45) is 0. The lowest BCUT2D eigenvalue weighted by Gasteiger charge is -2.14. The van der Waals surface area contributed by atoms with Crippen LogP contribution in [0.5, 0.6) is 11.5 Å². The van der Waals surface area contributed by atoms with Crippen molar-refractivity contribution in [3.05, 3.63) is 53.1 Å². The fourth-order valence-corrected chi connectivity index (χ4v) is 2.46. The molecule has 0 saturated heterocycles. The van der Waals surface area contributed by atoms with Crippen molar-refractivity contribution in [2.24, 2.45) is 0 Å². The van der Waals surface area contributed by atoms with Crippen LogP contribution in [0.3, 0.4) is 0 Å². The molecule has 8 heteroatoms. The summed E-state index contributed by atoms with van der Waals surface area (Å²) in [4.78, 5) is 35.7. The van der Waals surface area contributed by atoms with Gasteiger partial charge in [0, 0.05) is 31.2 Å². The van der Waals surface area contributed by atoms with Crippen LogP contribution in [-0.2, 0) is 16.1 Å². The summed E-state index contributed by atoms with van der Waals surface area (Å²) >= 11 is 0. The highest BCUT2D eigenvalue weighted by molar-refractivity contribution is 6.08. The van der Waals surface area contributed by atoms with Crippen LogP contribution in [0.1, 0.15) is 33.2 Å². The minimum Gasteiger partial charge on any atom is -0.493 e. The molecule has 0 spiro atoms. The highest BCUT2D eigenvalue weighted by Gasteiger charge is 2.19. The van der Waals surface area contributed by atoms with E-state index in [9.17, 15) is 14.4 Å². The normalized spacial score (nSPS) is 10.0. The summed E-state index contributed by atoms with van der Waals surface area (Å²) < 4.78 is 15.2. The Morgan fingerprint density at radius 1 is 0.929 bits per heavy atom. The lowest BCUT2D eigenvalue weighted by atomic mass is 10.1. The lowest BCUT2D eigenvalue weighted by Crippen LogP contribution is -2.19. The Morgan fingerprint density at radius 3 is 2.07 bits per heavy atom. The number of methoxy groups -OCH3 is 3. The molecule has 2 rings (SSSR count). The monoisotopic (exact) mass is 386 g/mol. The number of carbonyl (C=O) groups excluding carboxylic acids is 3. The molecule has 2 aromatic rings. The molecule has 2 N–H and O–H groups in total. The fourth-order valence-electron chi connectivity index (χ4n) is 2.46. The molecule has 0 atom stereocenters. The van der Waals surface area contributed by atoms with Crippen molar-refractivity contribution in [1.82, 2.24) is 5.32 Å². The SMILES string of the molecule is COC(=O)c1cc(OC)c(OC)cc1NC(=O)c1ccc(CNC(C)=O)cc1. The smallest absolute Gasteiger partial charge is 0.340 e. The number of benzene rings is 2. The maximum atomic E-state index is 12.6. The number of nitrogens with one attached hydrogen (secondary N) is 2. The second kappa shape index (κ2) is 9.40. The zero-order chi connectivity index (χ0) is 20.7. The van der Waals surface area contributed by atoms with Crippen LogP contribution in [0.25, 0.3) is 0 Å². The van der Waals surface area contributed by atoms with Crippen molar-refractivity contribution in [2.75, 3.05) is 26.6 Å². The van der Waals surface area contributed by atoms with E-state index in [2.05, 4.69) is 10.6 Å². The van der Waals surface area contributed by atoms with E-state index in [1.54, 1.807) is 24.3 Å². The van der Waals surface area contributed by atoms with Crippen molar-refractivity contribution in [1.29, 1.82) is 0 Å². The molecular formula is C20H22N2O6. The number of hydrogen-bond donors (Lipinski definition) is 2. The standard InChI is InChI=1S/C20H22N2O6/c1-12(23)21-11-13-5-7-14(8-6-13)19(24)22-16-10-18(27-3)17(26-2)9-15(16)20(25)28-4/h5-10H,11H2,1-4H3,(H,21,23)(H,22,24). The predicted octanol–water partition coefficient (Wildman–Crippen LogP) is 2.38. The predicted molar refractivity (Wildman–Crippen MR) is 103 cm³/mol. The van der Waals surface area contributed by atoms with E-state index >= 15 is 0 Å². The molecule has 0 saturated carbocycles. The largest absolute Gasteiger partial charge is 0.493 e. The molecule has 148 valence electrons. The van der Waals surface area contributed by atoms with Gasteiger partial charge in [-0.2, -0.15) is 0 Å². The molecule has 0 aliphatic heterocycles. The summed E-state index contributed by atoms with van der Waals surface area (Å²) in [7, 11) is 4.15. The zero-order valence-corrected chi connectivity index (χ0v) is 16.1. The van der Waals surface area contributed by atoms with E-state index in [-0.39, 0.29) is 17.2 Å². The number of esters is 1. The minimum atomic E-state index is -0.623. The summed E-state index contributed by atoms with van der Waals surface area (Å²) in [5.74, 6) is -0.477. The van der Waals surface area contributed by atoms with Gasteiger partial charge in [0.2, 0.25) is 5.91 Å². The zero-order valence-electron chi connectivity index (χ0n) is 16.1. The van der Waals surface area contributed by atoms with Crippen LogP contribution in [0, 0.1) is 0 Å². The molecule has 0 bridgehead atoms. The molecule has 0 unspecified atom stereocenters. The van der Waals surface area contributed by atoms with E-state index in [1.165, 1.54) is 40.4 Å². The van der Waals surface area contributed by atoms with E-state index in [4.69, 9.17) is 14.2 Å². The molecule has 0 aromatic heterocycles. The van der Waals surface area contributed by atoms with Crippen molar-refractivity contribution >= 4 is 23.5 Å². The third kappa shape index (κ3) is 5.00. The van der Waals surface area contributed by atoms with Crippen molar-refractivity contribution in [3.8, 4) is 11.5 Å². The summed E-state index contributed by atoms with van der Waals surface area (Å²) in [5, 5.41) is 5.38. The van der Waals surface area contributed by atoms with Crippen LogP contribution in [0.4, 0.5) is 5.69 Å². The third-order valence-electron chi connectivity index (χ3n) is 3.93.